The first-order chi connectivity index (χ1) is 12.3. The lowest BCUT2D eigenvalue weighted by Crippen LogP contribution is -2.29. The maximum Gasteiger partial charge on any atom is 0.229 e. The summed E-state index contributed by atoms with van der Waals surface area (Å²) in [4.78, 5) is 26.3. The molecule has 1 atom stereocenters. The minimum absolute atomic E-state index is 0.0269. The fourth-order valence-corrected chi connectivity index (χ4v) is 3.59. The first kappa shape index (κ1) is 18.3. The third-order valence-corrected chi connectivity index (χ3v) is 4.64. The van der Waals surface area contributed by atoms with Gasteiger partial charge in [0.05, 0.1) is 16.6 Å². The molecule has 0 radical (unpaired) electrons. The summed E-state index contributed by atoms with van der Waals surface area (Å²) in [6.45, 7) is 3.95. The van der Waals surface area contributed by atoms with Crippen LogP contribution in [-0.4, -0.2) is 18.4 Å². The van der Waals surface area contributed by atoms with Crippen LogP contribution in [0.15, 0.2) is 30.3 Å². The average molecular weight is 379 g/mol. The molecule has 0 bridgehead atoms. The van der Waals surface area contributed by atoms with Crippen molar-refractivity contribution in [3.05, 3.63) is 58.1 Å². The number of halogens is 3. The number of hydrogen-bond donors (Lipinski definition) is 1. The number of nitrogens with one attached hydrogen (secondary N) is 1. The Bertz CT molecular complexity index is 878. The zero-order chi connectivity index (χ0) is 19.0. The summed E-state index contributed by atoms with van der Waals surface area (Å²) in [5.74, 6) is -3.27. The van der Waals surface area contributed by atoms with Gasteiger partial charge in [0.2, 0.25) is 11.8 Å². The Hall–Kier alpha value is -2.47. The van der Waals surface area contributed by atoms with E-state index in [0.717, 1.165) is 23.3 Å². The lowest BCUT2D eigenvalue weighted by Gasteiger charge is -2.21. The summed E-state index contributed by atoms with van der Waals surface area (Å²) in [5, 5.41) is 2.98. The van der Waals surface area contributed by atoms with E-state index in [2.05, 4.69) is 5.32 Å². The smallest absolute Gasteiger partial charge is 0.229 e. The largest absolute Gasteiger partial charge is 0.326 e. The van der Waals surface area contributed by atoms with Gasteiger partial charge in [-0.15, -0.1) is 0 Å². The summed E-state index contributed by atoms with van der Waals surface area (Å²) in [7, 11) is 0. The van der Waals surface area contributed by atoms with Gasteiger partial charge in [-0.2, -0.15) is 0 Å². The highest BCUT2D eigenvalue weighted by Crippen LogP contribution is 2.35. The van der Waals surface area contributed by atoms with E-state index in [4.69, 9.17) is 11.6 Å². The molecule has 7 heteroatoms. The first-order valence-corrected chi connectivity index (χ1v) is 8.47. The molecule has 0 aliphatic carbocycles. The highest BCUT2D eigenvalue weighted by Gasteiger charge is 2.36. The van der Waals surface area contributed by atoms with Gasteiger partial charge in [-0.25, -0.2) is 8.78 Å². The monoisotopic (exact) mass is 378 g/mol. The number of hydrogen-bond acceptors (Lipinski definition) is 2. The van der Waals surface area contributed by atoms with Crippen LogP contribution >= 0.6 is 11.6 Å². The van der Waals surface area contributed by atoms with Crippen LogP contribution < -0.4 is 10.2 Å². The fourth-order valence-electron chi connectivity index (χ4n) is 3.17. The Balaban J connectivity index is 1.77. The second-order valence-corrected chi connectivity index (χ2v) is 6.84. The molecule has 0 spiro atoms. The molecule has 136 valence electrons. The molecule has 1 aliphatic rings. The second-order valence-electron chi connectivity index (χ2n) is 6.44. The summed E-state index contributed by atoms with van der Waals surface area (Å²) < 4.78 is 26.3. The molecule has 2 aromatic carbocycles. The summed E-state index contributed by atoms with van der Waals surface area (Å²) in [6, 6.07) is 6.80. The molecule has 1 unspecified atom stereocenters. The van der Waals surface area contributed by atoms with Gasteiger partial charge in [-0.05, 0) is 43.2 Å². The SMILES string of the molecule is Cc1cc(C)c(N2CC(C(=O)Nc3ccc(F)c(F)c3)CC2=O)c(Cl)c1. The number of aryl methyl sites for hydroxylation is 2. The van der Waals surface area contributed by atoms with Gasteiger partial charge in [0.1, 0.15) is 0 Å². The Morgan fingerprint density at radius 1 is 1.19 bits per heavy atom. The highest BCUT2D eigenvalue weighted by atomic mass is 35.5. The summed E-state index contributed by atoms with van der Waals surface area (Å²) in [5.41, 5.74) is 2.58. The number of carbonyl (C=O) groups is 2. The summed E-state index contributed by atoms with van der Waals surface area (Å²) in [6.07, 6.45) is 0.0269. The second kappa shape index (κ2) is 7.03. The zero-order valence-corrected chi connectivity index (χ0v) is 15.0. The number of carbonyl (C=O) groups excluding carboxylic acids is 2. The standard InChI is InChI=1S/C19H17ClF2N2O2/c1-10-5-11(2)18(14(20)6-10)24-9-12(7-17(24)25)19(26)23-13-3-4-15(21)16(22)8-13/h3-6,8,12H,7,9H2,1-2H3,(H,23,26). The molecule has 1 heterocycles. The highest BCUT2D eigenvalue weighted by molar-refractivity contribution is 6.34. The van der Waals surface area contributed by atoms with Gasteiger partial charge in [0, 0.05) is 24.7 Å². The molecule has 26 heavy (non-hydrogen) atoms. The first-order valence-electron chi connectivity index (χ1n) is 8.09. The number of nitrogens with zero attached hydrogens (tertiary/aromatic N) is 1. The maximum atomic E-state index is 13.3. The molecule has 0 aromatic heterocycles. The van der Waals surface area contributed by atoms with E-state index < -0.39 is 23.5 Å². The van der Waals surface area contributed by atoms with Crippen LogP contribution in [0.25, 0.3) is 0 Å². The Kier molecular flexibility index (Phi) is 4.96. The van der Waals surface area contributed by atoms with Crippen molar-refractivity contribution in [1.82, 2.24) is 0 Å². The van der Waals surface area contributed by atoms with Crippen LogP contribution in [0.1, 0.15) is 17.5 Å². The van der Waals surface area contributed by atoms with Crippen molar-refractivity contribution in [2.45, 2.75) is 20.3 Å². The summed E-state index contributed by atoms with van der Waals surface area (Å²) >= 11 is 6.30. The topological polar surface area (TPSA) is 49.4 Å². The van der Waals surface area contributed by atoms with Crippen molar-refractivity contribution in [1.29, 1.82) is 0 Å². The van der Waals surface area contributed by atoms with Gasteiger partial charge in [-0.3, -0.25) is 9.59 Å². The van der Waals surface area contributed by atoms with Crippen molar-refractivity contribution in [3.8, 4) is 0 Å². The van der Waals surface area contributed by atoms with E-state index in [1.807, 2.05) is 19.9 Å². The lowest BCUT2D eigenvalue weighted by molar-refractivity contribution is -0.122. The number of benzene rings is 2. The van der Waals surface area contributed by atoms with Gasteiger partial charge in [-0.1, -0.05) is 17.7 Å². The van der Waals surface area contributed by atoms with E-state index in [1.54, 1.807) is 6.07 Å². The number of anilines is 2. The Morgan fingerprint density at radius 3 is 2.58 bits per heavy atom. The third kappa shape index (κ3) is 3.55. The minimum Gasteiger partial charge on any atom is -0.326 e. The van der Waals surface area contributed by atoms with E-state index in [-0.39, 0.29) is 24.6 Å². The fraction of sp³-hybridized carbons (Fsp3) is 0.263. The van der Waals surface area contributed by atoms with Crippen LogP contribution in [-0.2, 0) is 9.59 Å². The maximum absolute atomic E-state index is 13.3. The van der Waals surface area contributed by atoms with Crippen LogP contribution in [0.4, 0.5) is 20.2 Å². The zero-order valence-electron chi connectivity index (χ0n) is 14.3. The molecule has 0 saturated carbocycles. The molecular formula is C19H17ClF2N2O2. The molecule has 1 aliphatic heterocycles. The van der Waals surface area contributed by atoms with Gasteiger partial charge in [0.25, 0.3) is 0 Å². The van der Waals surface area contributed by atoms with E-state index >= 15 is 0 Å². The average Bonchev–Trinajstić information content (AvgIpc) is 2.92. The van der Waals surface area contributed by atoms with Crippen LogP contribution in [0.2, 0.25) is 5.02 Å². The van der Waals surface area contributed by atoms with E-state index in [9.17, 15) is 18.4 Å². The number of rotatable bonds is 3. The van der Waals surface area contributed by atoms with E-state index in [0.29, 0.717) is 10.7 Å². The Labute approximate surface area is 154 Å². The normalized spacial score (nSPS) is 16.9. The van der Waals surface area contributed by atoms with Crippen LogP contribution in [0.3, 0.4) is 0 Å². The lowest BCUT2D eigenvalue weighted by atomic mass is 10.1. The minimum atomic E-state index is -1.05. The quantitative estimate of drug-likeness (QED) is 0.869. The molecular weight excluding hydrogens is 362 g/mol. The Morgan fingerprint density at radius 2 is 1.92 bits per heavy atom. The predicted octanol–water partition coefficient (Wildman–Crippen LogP) is 4.23. The third-order valence-electron chi connectivity index (χ3n) is 4.35. The molecule has 3 rings (SSSR count). The predicted molar refractivity (Wildman–Crippen MR) is 96.4 cm³/mol. The van der Waals surface area contributed by atoms with Crippen molar-refractivity contribution in [3.63, 3.8) is 0 Å². The van der Waals surface area contributed by atoms with Crippen molar-refractivity contribution in [2.75, 3.05) is 16.8 Å². The molecule has 2 amide bonds. The van der Waals surface area contributed by atoms with E-state index in [1.165, 1.54) is 11.0 Å². The van der Waals surface area contributed by atoms with Crippen molar-refractivity contribution >= 4 is 34.8 Å². The molecule has 1 saturated heterocycles. The van der Waals surface area contributed by atoms with Crippen LogP contribution in [0.5, 0.6) is 0 Å². The van der Waals surface area contributed by atoms with Crippen molar-refractivity contribution < 1.29 is 18.4 Å². The van der Waals surface area contributed by atoms with Crippen molar-refractivity contribution in [2.24, 2.45) is 5.92 Å². The molecule has 4 nitrogen and oxygen atoms in total. The van der Waals surface area contributed by atoms with Gasteiger partial charge < -0.3 is 10.2 Å². The number of amides is 2. The van der Waals surface area contributed by atoms with Crippen LogP contribution in [0, 0.1) is 31.4 Å². The molecule has 1 N–H and O–H groups in total. The van der Waals surface area contributed by atoms with Gasteiger partial charge >= 0.3 is 0 Å². The molecule has 1 fully saturated rings. The van der Waals surface area contributed by atoms with Gasteiger partial charge in [0.15, 0.2) is 11.6 Å². The molecule has 2 aromatic rings.